The molecule has 0 saturated carbocycles. The number of hydrogen-bond donors (Lipinski definition) is 1. The minimum Gasteiger partial charge on any atom is -0.348 e. The molecule has 0 fully saturated rings. The third kappa shape index (κ3) is 6.94. The summed E-state index contributed by atoms with van der Waals surface area (Å²) in [7, 11) is -4.03. The van der Waals surface area contributed by atoms with Crippen molar-refractivity contribution in [2.45, 2.75) is 24.4 Å². The van der Waals surface area contributed by atoms with Gasteiger partial charge in [0, 0.05) is 26.1 Å². The van der Waals surface area contributed by atoms with Gasteiger partial charge >= 0.3 is 0 Å². The zero-order valence-electron chi connectivity index (χ0n) is 17.4. The maximum Gasteiger partial charge on any atom is 0.243 e. The lowest BCUT2D eigenvalue weighted by Gasteiger charge is -2.24. The van der Waals surface area contributed by atoms with E-state index in [4.69, 9.17) is 34.8 Å². The standard InChI is InChI=1S/C23H20BrCl3N2O3S/c1-15(16-3-2-4-18(24)11-16)28-23(30)14-29(13-17-5-6-20(26)12-22(17)27)33(31,32)21-9-7-19(25)8-10-21/h2-12,15H,13-14H2,1H3,(H,28,30)/t15-/m0/s1. The molecule has 0 spiro atoms. The molecule has 174 valence electrons. The van der Waals surface area contributed by atoms with E-state index in [-0.39, 0.29) is 17.5 Å². The van der Waals surface area contributed by atoms with Crippen LogP contribution in [0.15, 0.2) is 76.1 Å². The molecule has 0 radical (unpaired) electrons. The average molecular weight is 591 g/mol. The lowest BCUT2D eigenvalue weighted by atomic mass is 10.1. The summed E-state index contributed by atoms with van der Waals surface area (Å²) in [5.41, 5.74) is 1.40. The topological polar surface area (TPSA) is 66.5 Å². The smallest absolute Gasteiger partial charge is 0.243 e. The van der Waals surface area contributed by atoms with Crippen LogP contribution in [0.25, 0.3) is 0 Å². The Morgan fingerprint density at radius 2 is 1.67 bits per heavy atom. The third-order valence-corrected chi connectivity index (χ3v) is 8.00. The van der Waals surface area contributed by atoms with Crippen molar-refractivity contribution in [3.63, 3.8) is 0 Å². The number of benzene rings is 3. The number of amides is 1. The lowest BCUT2D eigenvalue weighted by Crippen LogP contribution is -2.41. The van der Waals surface area contributed by atoms with Crippen LogP contribution in [0.2, 0.25) is 15.1 Å². The van der Waals surface area contributed by atoms with Gasteiger partial charge in [-0.2, -0.15) is 4.31 Å². The summed E-state index contributed by atoms with van der Waals surface area (Å²) < 4.78 is 28.7. The Balaban J connectivity index is 1.87. The normalized spacial score (nSPS) is 12.5. The first-order valence-corrected chi connectivity index (χ1v) is 13.2. The molecule has 0 aliphatic carbocycles. The van der Waals surface area contributed by atoms with E-state index in [1.165, 1.54) is 30.3 Å². The highest BCUT2D eigenvalue weighted by atomic mass is 79.9. The van der Waals surface area contributed by atoms with Gasteiger partial charge in [0.15, 0.2) is 0 Å². The molecule has 0 heterocycles. The molecule has 5 nitrogen and oxygen atoms in total. The molecule has 1 amide bonds. The maximum absolute atomic E-state index is 13.4. The van der Waals surface area contributed by atoms with Crippen LogP contribution >= 0.6 is 50.7 Å². The SMILES string of the molecule is C[C@H](NC(=O)CN(Cc1ccc(Cl)cc1Cl)S(=O)(=O)c1ccc(Cl)cc1)c1cccc(Br)c1. The molecule has 3 aromatic carbocycles. The van der Waals surface area contributed by atoms with E-state index in [9.17, 15) is 13.2 Å². The van der Waals surface area contributed by atoms with Gasteiger partial charge in [-0.15, -0.1) is 0 Å². The second kappa shape index (κ2) is 11.2. The van der Waals surface area contributed by atoms with Gasteiger partial charge in [-0.25, -0.2) is 8.42 Å². The minimum absolute atomic E-state index is 0.0184. The highest BCUT2D eigenvalue weighted by molar-refractivity contribution is 9.10. The molecule has 0 unspecified atom stereocenters. The van der Waals surface area contributed by atoms with E-state index in [2.05, 4.69) is 21.2 Å². The van der Waals surface area contributed by atoms with E-state index >= 15 is 0 Å². The lowest BCUT2D eigenvalue weighted by molar-refractivity contribution is -0.122. The van der Waals surface area contributed by atoms with E-state index in [1.54, 1.807) is 12.1 Å². The summed E-state index contributed by atoms with van der Waals surface area (Å²) in [6.45, 7) is 1.32. The molecule has 1 atom stereocenters. The second-order valence-electron chi connectivity index (χ2n) is 7.31. The Labute approximate surface area is 216 Å². The van der Waals surface area contributed by atoms with Crippen molar-refractivity contribution >= 4 is 66.7 Å². The zero-order valence-corrected chi connectivity index (χ0v) is 22.1. The fraction of sp³-hybridized carbons (Fsp3) is 0.174. The Hall–Kier alpha value is -1.61. The molecule has 0 aliphatic rings. The first kappa shape index (κ1) is 26.0. The van der Waals surface area contributed by atoms with Crippen molar-refractivity contribution in [3.05, 3.63) is 97.4 Å². The summed E-state index contributed by atoms with van der Waals surface area (Å²) in [5.74, 6) is -0.454. The van der Waals surface area contributed by atoms with Gasteiger partial charge in [-0.05, 0) is 66.6 Å². The summed E-state index contributed by atoms with van der Waals surface area (Å²) in [6.07, 6.45) is 0. The van der Waals surface area contributed by atoms with Gasteiger partial charge in [0.1, 0.15) is 0 Å². The number of nitrogens with zero attached hydrogens (tertiary/aromatic N) is 1. The molecular formula is C23H20BrCl3N2O3S. The maximum atomic E-state index is 13.4. The molecule has 33 heavy (non-hydrogen) atoms. The molecule has 10 heteroatoms. The fourth-order valence-corrected chi connectivity index (χ4v) is 5.51. The highest BCUT2D eigenvalue weighted by Crippen LogP contribution is 2.26. The molecule has 0 aliphatic heterocycles. The summed E-state index contributed by atoms with van der Waals surface area (Å²) >= 11 is 21.6. The Morgan fingerprint density at radius 3 is 2.30 bits per heavy atom. The van der Waals surface area contributed by atoms with Crippen LogP contribution in [0.4, 0.5) is 0 Å². The van der Waals surface area contributed by atoms with E-state index < -0.39 is 22.5 Å². The molecule has 0 aromatic heterocycles. The van der Waals surface area contributed by atoms with Crippen molar-refractivity contribution in [3.8, 4) is 0 Å². The molecule has 3 aromatic rings. The quantitative estimate of drug-likeness (QED) is 0.327. The number of nitrogens with one attached hydrogen (secondary N) is 1. The molecule has 1 N–H and O–H groups in total. The predicted molar refractivity (Wildman–Crippen MR) is 136 cm³/mol. The van der Waals surface area contributed by atoms with Gasteiger partial charge in [0.05, 0.1) is 17.5 Å². The number of halogens is 4. The van der Waals surface area contributed by atoms with Crippen molar-refractivity contribution < 1.29 is 13.2 Å². The number of carbonyl (C=O) groups is 1. The van der Waals surface area contributed by atoms with Crippen LogP contribution in [0.1, 0.15) is 24.1 Å². The van der Waals surface area contributed by atoms with Gasteiger partial charge in [0.2, 0.25) is 15.9 Å². The first-order valence-electron chi connectivity index (χ1n) is 9.81. The van der Waals surface area contributed by atoms with Crippen LogP contribution in [-0.2, 0) is 21.4 Å². The molecule has 0 saturated heterocycles. The minimum atomic E-state index is -4.03. The average Bonchev–Trinajstić information content (AvgIpc) is 2.75. The van der Waals surface area contributed by atoms with Crippen LogP contribution < -0.4 is 5.32 Å². The van der Waals surface area contributed by atoms with Crippen molar-refractivity contribution in [1.29, 1.82) is 0 Å². The monoisotopic (exact) mass is 588 g/mol. The van der Waals surface area contributed by atoms with Crippen molar-refractivity contribution in [2.24, 2.45) is 0 Å². The van der Waals surface area contributed by atoms with Crippen LogP contribution in [0.5, 0.6) is 0 Å². The molecular weight excluding hydrogens is 571 g/mol. The number of rotatable bonds is 8. The van der Waals surface area contributed by atoms with Gasteiger partial charge in [0.25, 0.3) is 0 Å². The largest absolute Gasteiger partial charge is 0.348 e. The Bertz CT molecular complexity index is 1250. The van der Waals surface area contributed by atoms with Crippen LogP contribution in [0.3, 0.4) is 0 Å². The number of carbonyl (C=O) groups excluding carboxylic acids is 1. The molecule has 0 bridgehead atoms. The Morgan fingerprint density at radius 1 is 1.00 bits per heavy atom. The van der Waals surface area contributed by atoms with E-state index in [1.807, 2.05) is 31.2 Å². The summed E-state index contributed by atoms with van der Waals surface area (Å²) in [5, 5.41) is 3.99. The number of hydrogen-bond acceptors (Lipinski definition) is 3. The van der Waals surface area contributed by atoms with Gasteiger partial charge < -0.3 is 5.32 Å². The second-order valence-corrected chi connectivity index (χ2v) is 11.4. The molecule has 3 rings (SSSR count). The van der Waals surface area contributed by atoms with Crippen molar-refractivity contribution in [2.75, 3.05) is 6.54 Å². The zero-order chi connectivity index (χ0) is 24.2. The third-order valence-electron chi connectivity index (χ3n) is 4.86. The fourth-order valence-electron chi connectivity index (χ4n) is 3.13. The van der Waals surface area contributed by atoms with E-state index in [0.29, 0.717) is 20.6 Å². The summed E-state index contributed by atoms with van der Waals surface area (Å²) in [4.78, 5) is 12.9. The van der Waals surface area contributed by atoms with Crippen LogP contribution in [0, 0.1) is 0 Å². The Kier molecular flexibility index (Phi) is 8.83. The van der Waals surface area contributed by atoms with Crippen LogP contribution in [-0.4, -0.2) is 25.2 Å². The summed E-state index contributed by atoms with van der Waals surface area (Å²) in [6, 6.07) is 17.7. The van der Waals surface area contributed by atoms with Crippen molar-refractivity contribution in [1.82, 2.24) is 9.62 Å². The highest BCUT2D eigenvalue weighted by Gasteiger charge is 2.28. The number of sulfonamides is 1. The van der Waals surface area contributed by atoms with E-state index in [0.717, 1.165) is 14.3 Å². The van der Waals surface area contributed by atoms with Gasteiger partial charge in [-0.3, -0.25) is 4.79 Å². The van der Waals surface area contributed by atoms with Gasteiger partial charge in [-0.1, -0.05) is 68.9 Å². The first-order chi connectivity index (χ1) is 15.6. The predicted octanol–water partition coefficient (Wildman–Crippen LogP) is 6.48.